The summed E-state index contributed by atoms with van der Waals surface area (Å²) in [5.41, 5.74) is 2.99. The van der Waals surface area contributed by atoms with Gasteiger partial charge in [-0.2, -0.15) is 4.72 Å². The highest BCUT2D eigenvalue weighted by atomic mass is 32.2. The smallest absolute Gasteiger partial charge is 0.247 e. The number of aromatic nitrogens is 2. The van der Waals surface area contributed by atoms with E-state index in [0.29, 0.717) is 5.56 Å². The first-order chi connectivity index (χ1) is 16.0. The molecule has 1 atom stereocenters. The zero-order valence-electron chi connectivity index (χ0n) is 17.7. The third-order valence-corrected chi connectivity index (χ3v) is 7.25. The molecule has 0 aliphatic heterocycles. The van der Waals surface area contributed by atoms with Crippen molar-refractivity contribution in [3.05, 3.63) is 101 Å². The van der Waals surface area contributed by atoms with E-state index >= 15 is 0 Å². The van der Waals surface area contributed by atoms with E-state index in [4.69, 9.17) is 4.42 Å². The van der Waals surface area contributed by atoms with Crippen molar-refractivity contribution in [3.8, 4) is 11.5 Å². The zero-order valence-corrected chi connectivity index (χ0v) is 18.6. The lowest BCUT2D eigenvalue weighted by Gasteiger charge is -2.19. The molecule has 6 nitrogen and oxygen atoms in total. The quantitative estimate of drug-likeness (QED) is 0.443. The van der Waals surface area contributed by atoms with Crippen LogP contribution in [0.25, 0.3) is 11.5 Å². The Balaban J connectivity index is 1.53. The Morgan fingerprint density at radius 2 is 1.61 bits per heavy atom. The van der Waals surface area contributed by atoms with Gasteiger partial charge in [-0.15, -0.1) is 10.2 Å². The Morgan fingerprint density at radius 1 is 0.879 bits per heavy atom. The molecule has 0 spiro atoms. The first kappa shape index (κ1) is 21.5. The summed E-state index contributed by atoms with van der Waals surface area (Å²) in [6.07, 6.45) is 3.93. The van der Waals surface area contributed by atoms with Gasteiger partial charge < -0.3 is 4.42 Å². The number of aryl methyl sites for hydroxylation is 2. The van der Waals surface area contributed by atoms with Crippen molar-refractivity contribution in [2.24, 2.45) is 0 Å². The van der Waals surface area contributed by atoms with Crippen LogP contribution in [0.2, 0.25) is 0 Å². The van der Waals surface area contributed by atoms with Crippen LogP contribution in [0.15, 0.2) is 82.1 Å². The van der Waals surface area contributed by atoms with Gasteiger partial charge in [0.25, 0.3) is 0 Å². The number of halogens is 1. The van der Waals surface area contributed by atoms with Crippen LogP contribution >= 0.6 is 0 Å². The van der Waals surface area contributed by atoms with Crippen LogP contribution in [-0.2, 0) is 22.9 Å². The minimum Gasteiger partial charge on any atom is -0.419 e. The molecule has 8 heteroatoms. The lowest BCUT2D eigenvalue weighted by Crippen LogP contribution is -2.30. The van der Waals surface area contributed by atoms with E-state index in [1.165, 1.54) is 23.8 Å². The molecule has 1 aromatic heterocycles. The minimum atomic E-state index is -4.01. The SMILES string of the molecule is O=S(=O)(N[C@H](c1nnc(-c2ccccc2)o1)c1ccccc1F)c1ccc2c(c1)CCCC2. The summed E-state index contributed by atoms with van der Waals surface area (Å²) in [5, 5.41) is 8.10. The highest BCUT2D eigenvalue weighted by molar-refractivity contribution is 7.89. The van der Waals surface area contributed by atoms with Crippen molar-refractivity contribution in [1.29, 1.82) is 0 Å². The summed E-state index contributed by atoms with van der Waals surface area (Å²) in [5.74, 6) is -0.393. The molecule has 168 valence electrons. The fraction of sp³-hybridized carbons (Fsp3) is 0.200. The summed E-state index contributed by atoms with van der Waals surface area (Å²) in [6.45, 7) is 0. The van der Waals surface area contributed by atoms with Gasteiger partial charge in [-0.05, 0) is 67.1 Å². The normalized spacial score (nSPS) is 14.6. The molecule has 0 bridgehead atoms. The highest BCUT2D eigenvalue weighted by Crippen LogP contribution is 2.29. The predicted molar refractivity (Wildman–Crippen MR) is 121 cm³/mol. The van der Waals surface area contributed by atoms with Crippen molar-refractivity contribution < 1.29 is 17.2 Å². The predicted octanol–water partition coefficient (Wildman–Crippen LogP) is 4.82. The molecule has 4 aromatic rings. The third-order valence-electron chi connectivity index (χ3n) is 5.83. The van der Waals surface area contributed by atoms with Crippen molar-refractivity contribution in [2.75, 3.05) is 0 Å². The first-order valence-corrected chi connectivity index (χ1v) is 12.3. The van der Waals surface area contributed by atoms with Gasteiger partial charge >= 0.3 is 0 Å². The van der Waals surface area contributed by atoms with Crippen molar-refractivity contribution in [1.82, 2.24) is 14.9 Å². The fourth-order valence-corrected chi connectivity index (χ4v) is 5.32. The van der Waals surface area contributed by atoms with Gasteiger partial charge in [-0.25, -0.2) is 12.8 Å². The second kappa shape index (κ2) is 8.88. The Hall–Kier alpha value is -3.36. The lowest BCUT2D eigenvalue weighted by atomic mass is 9.92. The molecule has 1 aliphatic rings. The van der Waals surface area contributed by atoms with E-state index in [9.17, 15) is 12.8 Å². The number of nitrogens with one attached hydrogen (secondary N) is 1. The van der Waals surface area contributed by atoms with Crippen molar-refractivity contribution in [2.45, 2.75) is 36.6 Å². The molecular formula is C25H22FN3O3S. The van der Waals surface area contributed by atoms with E-state index < -0.39 is 21.9 Å². The molecule has 1 N–H and O–H groups in total. The summed E-state index contributed by atoms with van der Waals surface area (Å²) >= 11 is 0. The second-order valence-corrected chi connectivity index (χ2v) is 9.74. The van der Waals surface area contributed by atoms with Crippen LogP contribution in [0.4, 0.5) is 4.39 Å². The van der Waals surface area contributed by atoms with Crippen molar-refractivity contribution in [3.63, 3.8) is 0 Å². The van der Waals surface area contributed by atoms with Gasteiger partial charge in [0.15, 0.2) is 0 Å². The van der Waals surface area contributed by atoms with E-state index in [2.05, 4.69) is 14.9 Å². The maximum Gasteiger partial charge on any atom is 0.247 e. The molecule has 33 heavy (non-hydrogen) atoms. The molecule has 0 radical (unpaired) electrons. The Labute approximate surface area is 191 Å². The van der Waals surface area contributed by atoms with Gasteiger partial charge in [0, 0.05) is 11.1 Å². The third kappa shape index (κ3) is 4.44. The fourth-order valence-electron chi connectivity index (χ4n) is 4.10. The average Bonchev–Trinajstić information content (AvgIpc) is 3.33. The van der Waals surface area contributed by atoms with Gasteiger partial charge in [-0.3, -0.25) is 0 Å². The molecule has 5 rings (SSSR count). The van der Waals surface area contributed by atoms with E-state index in [1.807, 2.05) is 24.3 Å². The van der Waals surface area contributed by atoms with Crippen LogP contribution in [0, 0.1) is 5.82 Å². The Bertz CT molecular complexity index is 1390. The van der Waals surface area contributed by atoms with E-state index in [1.54, 1.807) is 30.3 Å². The first-order valence-electron chi connectivity index (χ1n) is 10.8. The molecular weight excluding hydrogens is 441 g/mol. The summed E-state index contributed by atoms with van der Waals surface area (Å²) in [6, 6.07) is 19.0. The Kier molecular flexibility index (Phi) is 5.78. The maximum absolute atomic E-state index is 14.7. The molecule has 1 heterocycles. The molecule has 0 saturated heterocycles. The van der Waals surface area contributed by atoms with Crippen LogP contribution < -0.4 is 4.72 Å². The van der Waals surface area contributed by atoms with Gasteiger partial charge in [0.1, 0.15) is 11.9 Å². The summed E-state index contributed by atoms with van der Waals surface area (Å²) in [7, 11) is -4.01. The Morgan fingerprint density at radius 3 is 2.39 bits per heavy atom. The zero-order chi connectivity index (χ0) is 22.8. The van der Waals surface area contributed by atoms with Gasteiger partial charge in [0.2, 0.25) is 21.8 Å². The number of benzene rings is 3. The van der Waals surface area contributed by atoms with Crippen LogP contribution in [0.3, 0.4) is 0 Å². The molecule has 0 unspecified atom stereocenters. The number of fused-ring (bicyclic) bond motifs is 1. The number of sulfonamides is 1. The molecule has 3 aromatic carbocycles. The molecule has 0 fully saturated rings. The number of nitrogens with zero attached hydrogens (tertiary/aromatic N) is 2. The van der Waals surface area contributed by atoms with Crippen LogP contribution in [0.5, 0.6) is 0 Å². The van der Waals surface area contributed by atoms with Crippen molar-refractivity contribution >= 4 is 10.0 Å². The second-order valence-electron chi connectivity index (χ2n) is 8.02. The average molecular weight is 464 g/mol. The summed E-state index contributed by atoms with van der Waals surface area (Å²) in [4.78, 5) is 0.132. The number of rotatable bonds is 6. The highest BCUT2D eigenvalue weighted by Gasteiger charge is 2.30. The number of hydrogen-bond donors (Lipinski definition) is 1. The van der Waals surface area contributed by atoms with E-state index in [-0.39, 0.29) is 22.2 Å². The minimum absolute atomic E-state index is 0.0412. The van der Waals surface area contributed by atoms with Crippen LogP contribution in [-0.4, -0.2) is 18.6 Å². The van der Waals surface area contributed by atoms with Gasteiger partial charge in [0.05, 0.1) is 4.90 Å². The molecule has 1 aliphatic carbocycles. The maximum atomic E-state index is 14.7. The molecule has 0 amide bonds. The molecule has 0 saturated carbocycles. The van der Waals surface area contributed by atoms with E-state index in [0.717, 1.165) is 31.2 Å². The lowest BCUT2D eigenvalue weighted by molar-refractivity contribution is 0.455. The standard InChI is InChI=1S/C25H22FN3O3S/c26-22-13-7-6-12-21(22)23(25-28-27-24(32-25)18-9-2-1-3-10-18)29-33(30,31)20-15-14-17-8-4-5-11-19(17)16-20/h1-3,6-7,9-10,12-16,23,29H,4-5,8,11H2/t23-/m0/s1. The number of hydrogen-bond acceptors (Lipinski definition) is 5. The topological polar surface area (TPSA) is 85.1 Å². The monoisotopic (exact) mass is 463 g/mol. The van der Waals surface area contributed by atoms with Gasteiger partial charge in [-0.1, -0.05) is 42.5 Å². The largest absolute Gasteiger partial charge is 0.419 e. The van der Waals surface area contributed by atoms with Crippen LogP contribution in [0.1, 0.15) is 41.5 Å². The summed E-state index contributed by atoms with van der Waals surface area (Å²) < 4.78 is 49.8.